The highest BCUT2D eigenvalue weighted by Crippen LogP contribution is 2.44. The Morgan fingerprint density at radius 1 is 1.15 bits per heavy atom. The van der Waals surface area contributed by atoms with E-state index in [4.69, 9.17) is 4.42 Å². The highest BCUT2D eigenvalue weighted by Gasteiger charge is 2.39. The Labute approximate surface area is 151 Å². The number of nitrogens with zero attached hydrogens (tertiary/aromatic N) is 1. The molecule has 1 aromatic carbocycles. The summed E-state index contributed by atoms with van der Waals surface area (Å²) in [6.45, 7) is 0.647. The molecule has 2 bridgehead atoms. The van der Waals surface area contributed by atoms with Gasteiger partial charge in [0.2, 0.25) is 5.91 Å². The molecular formula is C21H20N2O3. The van der Waals surface area contributed by atoms with Gasteiger partial charge in [-0.3, -0.25) is 9.59 Å². The number of nitrogens with one attached hydrogen (secondary N) is 1. The molecule has 5 rings (SSSR count). The fourth-order valence-electron chi connectivity index (χ4n) is 4.55. The molecule has 132 valence electrons. The normalized spacial score (nSPS) is 25.5. The first kappa shape index (κ1) is 15.4. The van der Waals surface area contributed by atoms with Gasteiger partial charge in [0.25, 0.3) is 5.91 Å². The van der Waals surface area contributed by atoms with Crippen molar-refractivity contribution in [1.29, 1.82) is 0 Å². The van der Waals surface area contributed by atoms with Crippen LogP contribution in [-0.2, 0) is 11.2 Å². The van der Waals surface area contributed by atoms with Crippen molar-refractivity contribution >= 4 is 23.2 Å². The highest BCUT2D eigenvalue weighted by molar-refractivity contribution is 6.07. The van der Waals surface area contributed by atoms with E-state index in [-0.39, 0.29) is 17.7 Å². The molecule has 1 aromatic heterocycles. The fraction of sp³-hybridized carbons (Fsp3) is 0.333. The molecule has 26 heavy (non-hydrogen) atoms. The maximum Gasteiger partial charge on any atom is 0.261 e. The number of benzene rings is 1. The second-order valence-electron chi connectivity index (χ2n) is 7.44. The number of amides is 2. The molecule has 0 spiro atoms. The van der Waals surface area contributed by atoms with Gasteiger partial charge < -0.3 is 14.6 Å². The molecule has 0 radical (unpaired) electrons. The van der Waals surface area contributed by atoms with Crippen LogP contribution >= 0.6 is 0 Å². The Kier molecular flexibility index (Phi) is 3.48. The summed E-state index contributed by atoms with van der Waals surface area (Å²) in [5.41, 5.74) is 3.38. The third-order valence-corrected chi connectivity index (χ3v) is 5.87. The summed E-state index contributed by atoms with van der Waals surface area (Å²) in [5, 5.41) is 3.08. The van der Waals surface area contributed by atoms with Crippen LogP contribution < -0.4 is 10.2 Å². The molecule has 3 atom stereocenters. The monoisotopic (exact) mass is 348 g/mol. The van der Waals surface area contributed by atoms with Crippen molar-refractivity contribution in [2.45, 2.75) is 19.3 Å². The number of fused-ring (bicyclic) bond motifs is 3. The van der Waals surface area contributed by atoms with Crippen LogP contribution in [0.15, 0.2) is 53.4 Å². The molecule has 2 amide bonds. The lowest BCUT2D eigenvalue weighted by molar-refractivity contribution is -0.120. The molecule has 1 fully saturated rings. The van der Waals surface area contributed by atoms with Gasteiger partial charge in [-0.1, -0.05) is 12.2 Å². The molecule has 5 heteroatoms. The number of carbonyl (C=O) groups excluding carboxylic acids is 2. The number of hydrogen-bond acceptors (Lipinski definition) is 3. The van der Waals surface area contributed by atoms with Crippen LogP contribution in [0.3, 0.4) is 0 Å². The Bertz CT molecular complexity index is 900. The van der Waals surface area contributed by atoms with Crippen LogP contribution in [0.2, 0.25) is 0 Å². The van der Waals surface area contributed by atoms with Crippen molar-refractivity contribution < 1.29 is 14.0 Å². The third-order valence-electron chi connectivity index (χ3n) is 5.87. The molecule has 3 aliphatic rings. The summed E-state index contributed by atoms with van der Waals surface area (Å²) < 4.78 is 5.02. The quantitative estimate of drug-likeness (QED) is 0.862. The van der Waals surface area contributed by atoms with Crippen molar-refractivity contribution in [1.82, 2.24) is 0 Å². The van der Waals surface area contributed by atoms with Gasteiger partial charge in [-0.25, -0.2) is 0 Å². The number of carbonyl (C=O) groups is 2. The lowest BCUT2D eigenvalue weighted by Crippen LogP contribution is -2.28. The number of anilines is 2. The smallest absolute Gasteiger partial charge is 0.261 e. The van der Waals surface area contributed by atoms with Gasteiger partial charge in [0, 0.05) is 23.8 Å². The molecule has 1 aliphatic heterocycles. The summed E-state index contributed by atoms with van der Waals surface area (Å²) in [6, 6.07) is 7.50. The van der Waals surface area contributed by atoms with Gasteiger partial charge in [-0.2, -0.15) is 0 Å². The largest absolute Gasteiger partial charge is 0.472 e. The average Bonchev–Trinajstić information content (AvgIpc) is 3.44. The zero-order valence-corrected chi connectivity index (χ0v) is 14.4. The molecule has 1 saturated carbocycles. The Morgan fingerprint density at radius 3 is 2.81 bits per heavy atom. The van der Waals surface area contributed by atoms with Crippen molar-refractivity contribution in [3.63, 3.8) is 0 Å². The van der Waals surface area contributed by atoms with E-state index in [1.807, 2.05) is 18.2 Å². The van der Waals surface area contributed by atoms with E-state index < -0.39 is 0 Å². The first-order valence-corrected chi connectivity index (χ1v) is 9.15. The second kappa shape index (κ2) is 5.87. The lowest BCUT2D eigenvalue weighted by Gasteiger charge is -2.19. The molecule has 5 nitrogen and oxygen atoms in total. The highest BCUT2D eigenvalue weighted by atomic mass is 16.3. The van der Waals surface area contributed by atoms with Gasteiger partial charge in [-0.05, 0) is 60.9 Å². The van der Waals surface area contributed by atoms with Crippen molar-refractivity contribution in [2.24, 2.45) is 17.8 Å². The predicted molar refractivity (Wildman–Crippen MR) is 98.0 cm³/mol. The van der Waals surface area contributed by atoms with E-state index in [1.54, 1.807) is 11.0 Å². The van der Waals surface area contributed by atoms with Gasteiger partial charge in [0.05, 0.1) is 11.8 Å². The topological polar surface area (TPSA) is 62.6 Å². The number of furan rings is 1. The Balaban J connectivity index is 1.32. The van der Waals surface area contributed by atoms with Crippen LogP contribution in [0.25, 0.3) is 0 Å². The average molecular weight is 348 g/mol. The zero-order valence-electron chi connectivity index (χ0n) is 14.4. The van der Waals surface area contributed by atoms with Crippen molar-refractivity contribution in [3.8, 4) is 0 Å². The molecule has 2 aromatic rings. The van der Waals surface area contributed by atoms with Gasteiger partial charge >= 0.3 is 0 Å². The number of allylic oxidation sites excluding steroid dienone is 2. The zero-order chi connectivity index (χ0) is 17.7. The third kappa shape index (κ3) is 2.46. The van der Waals surface area contributed by atoms with E-state index in [2.05, 4.69) is 17.5 Å². The van der Waals surface area contributed by atoms with E-state index in [1.165, 1.54) is 12.5 Å². The standard InChI is InChI=1S/C21H20N2O3/c24-20(18-10-13-1-2-14(18)9-13)22-17-3-4-19-15(11-17)5-7-23(19)21(25)16-6-8-26-12-16/h1-4,6,8,11-14,18H,5,7,9-10H2,(H,22,24)/t13-,14-,18-/m0/s1. The summed E-state index contributed by atoms with van der Waals surface area (Å²) in [5.74, 6) is 1.14. The van der Waals surface area contributed by atoms with E-state index in [0.717, 1.165) is 36.2 Å². The van der Waals surface area contributed by atoms with Crippen LogP contribution in [0.4, 0.5) is 11.4 Å². The van der Waals surface area contributed by atoms with E-state index in [0.29, 0.717) is 23.9 Å². The maximum absolute atomic E-state index is 12.6. The fourth-order valence-corrected chi connectivity index (χ4v) is 4.55. The summed E-state index contributed by atoms with van der Waals surface area (Å²) in [7, 11) is 0. The van der Waals surface area contributed by atoms with Gasteiger partial charge in [0.1, 0.15) is 6.26 Å². The summed E-state index contributed by atoms with van der Waals surface area (Å²) >= 11 is 0. The first-order valence-electron chi connectivity index (χ1n) is 9.15. The Hall–Kier alpha value is -2.82. The number of hydrogen-bond donors (Lipinski definition) is 1. The van der Waals surface area contributed by atoms with Gasteiger partial charge in [0.15, 0.2) is 0 Å². The van der Waals surface area contributed by atoms with Crippen LogP contribution in [0.5, 0.6) is 0 Å². The predicted octanol–water partition coefficient (Wildman–Crippen LogP) is 3.63. The van der Waals surface area contributed by atoms with Crippen molar-refractivity contribution in [2.75, 3.05) is 16.8 Å². The minimum absolute atomic E-state index is 0.0527. The molecule has 1 N–H and O–H groups in total. The lowest BCUT2D eigenvalue weighted by atomic mass is 9.92. The van der Waals surface area contributed by atoms with Crippen LogP contribution in [-0.4, -0.2) is 18.4 Å². The molecular weight excluding hydrogens is 328 g/mol. The Morgan fingerprint density at radius 2 is 2.08 bits per heavy atom. The second-order valence-corrected chi connectivity index (χ2v) is 7.44. The van der Waals surface area contributed by atoms with Crippen LogP contribution in [0.1, 0.15) is 28.8 Å². The maximum atomic E-state index is 12.6. The minimum atomic E-state index is -0.0527. The SMILES string of the molecule is O=C(Nc1ccc2c(c1)CCN2C(=O)c1ccoc1)[C@H]1C[C@H]2C=C[C@H]1C2. The number of rotatable bonds is 3. The van der Waals surface area contributed by atoms with E-state index in [9.17, 15) is 9.59 Å². The molecule has 0 saturated heterocycles. The first-order chi connectivity index (χ1) is 12.7. The van der Waals surface area contributed by atoms with Crippen LogP contribution in [0, 0.1) is 17.8 Å². The molecule has 0 unspecified atom stereocenters. The van der Waals surface area contributed by atoms with Crippen molar-refractivity contribution in [3.05, 3.63) is 60.1 Å². The minimum Gasteiger partial charge on any atom is -0.472 e. The van der Waals surface area contributed by atoms with E-state index >= 15 is 0 Å². The summed E-state index contributed by atoms with van der Waals surface area (Å²) in [4.78, 5) is 27.0. The molecule has 2 aliphatic carbocycles. The molecule has 2 heterocycles. The summed E-state index contributed by atoms with van der Waals surface area (Å²) in [6.07, 6.45) is 10.3. The van der Waals surface area contributed by atoms with Gasteiger partial charge in [-0.15, -0.1) is 0 Å².